The predicted octanol–water partition coefficient (Wildman–Crippen LogP) is 2.83. The second-order valence-corrected chi connectivity index (χ2v) is 8.71. The maximum absolute atomic E-state index is 12.7. The zero-order chi connectivity index (χ0) is 22.0. The third-order valence-electron chi connectivity index (χ3n) is 4.97. The van der Waals surface area contributed by atoms with E-state index in [-0.39, 0.29) is 23.4 Å². The van der Waals surface area contributed by atoms with Crippen molar-refractivity contribution in [3.63, 3.8) is 0 Å². The summed E-state index contributed by atoms with van der Waals surface area (Å²) < 4.78 is 27.0. The van der Waals surface area contributed by atoms with Crippen LogP contribution < -0.4 is 10.0 Å². The number of benzene rings is 2. The van der Waals surface area contributed by atoms with E-state index in [1.165, 1.54) is 23.8 Å². The molecule has 0 aliphatic heterocycles. The number of rotatable bonds is 12. The monoisotopic (exact) mass is 429 g/mol. The molecule has 162 valence electrons. The highest BCUT2D eigenvalue weighted by molar-refractivity contribution is 7.89. The van der Waals surface area contributed by atoms with Gasteiger partial charge in [0.2, 0.25) is 10.0 Å². The van der Waals surface area contributed by atoms with E-state index in [2.05, 4.69) is 47.5 Å². The third-order valence-corrected chi connectivity index (χ3v) is 6.39. The number of nitrogens with one attached hydrogen (secondary N) is 2. The fraction of sp³-hybridized carbons (Fsp3) is 0.348. The third kappa shape index (κ3) is 6.79. The standard InChI is InChI=1S/C23H31N3O3S/c1-4-15-25-30(28,29)22-14-10-13-20(17-22)23(27)24-18-21(26(5-2)6-3)16-19-11-8-7-9-12-19/h4,7-14,17,21,25H,1,5-6,15-16,18H2,2-3H3,(H,24,27). The minimum absolute atomic E-state index is 0.0570. The van der Waals surface area contributed by atoms with Gasteiger partial charge in [0.25, 0.3) is 5.91 Å². The number of carbonyl (C=O) groups is 1. The van der Waals surface area contributed by atoms with Crippen LogP contribution in [0.4, 0.5) is 0 Å². The SMILES string of the molecule is C=CCNS(=O)(=O)c1cccc(C(=O)NCC(Cc2ccccc2)N(CC)CC)c1. The molecule has 0 bridgehead atoms. The van der Waals surface area contributed by atoms with Gasteiger partial charge in [-0.15, -0.1) is 6.58 Å². The average Bonchev–Trinajstić information content (AvgIpc) is 2.77. The molecule has 7 heteroatoms. The van der Waals surface area contributed by atoms with Crippen molar-refractivity contribution in [2.24, 2.45) is 0 Å². The molecular formula is C23H31N3O3S. The summed E-state index contributed by atoms with van der Waals surface area (Å²) in [5.74, 6) is -0.291. The summed E-state index contributed by atoms with van der Waals surface area (Å²) in [6.45, 7) is 10.1. The number of likely N-dealkylation sites (N-methyl/N-ethyl adjacent to an activating group) is 1. The van der Waals surface area contributed by atoms with Gasteiger partial charge in [0.15, 0.2) is 0 Å². The maximum atomic E-state index is 12.7. The molecule has 0 radical (unpaired) electrons. The molecule has 0 spiro atoms. The van der Waals surface area contributed by atoms with Crippen molar-refractivity contribution in [1.29, 1.82) is 0 Å². The van der Waals surface area contributed by atoms with Gasteiger partial charge in [-0.3, -0.25) is 9.69 Å². The molecule has 1 unspecified atom stereocenters. The van der Waals surface area contributed by atoms with E-state index in [0.717, 1.165) is 19.5 Å². The van der Waals surface area contributed by atoms with E-state index < -0.39 is 10.0 Å². The quantitative estimate of drug-likeness (QED) is 0.509. The summed E-state index contributed by atoms with van der Waals surface area (Å²) in [4.78, 5) is 15.1. The van der Waals surface area contributed by atoms with Gasteiger partial charge >= 0.3 is 0 Å². The molecule has 0 aliphatic rings. The Kier molecular flexibility index (Phi) is 9.23. The minimum atomic E-state index is -3.68. The topological polar surface area (TPSA) is 78.5 Å². The van der Waals surface area contributed by atoms with E-state index in [9.17, 15) is 13.2 Å². The lowest BCUT2D eigenvalue weighted by Gasteiger charge is -2.30. The Morgan fingerprint density at radius 2 is 1.80 bits per heavy atom. The molecule has 30 heavy (non-hydrogen) atoms. The van der Waals surface area contributed by atoms with Crippen LogP contribution in [0, 0.1) is 0 Å². The van der Waals surface area contributed by atoms with Crippen LogP contribution in [0.25, 0.3) is 0 Å². The van der Waals surface area contributed by atoms with Crippen LogP contribution >= 0.6 is 0 Å². The van der Waals surface area contributed by atoms with Crippen molar-refractivity contribution in [3.05, 3.63) is 78.4 Å². The van der Waals surface area contributed by atoms with E-state index in [4.69, 9.17) is 0 Å². The van der Waals surface area contributed by atoms with Crippen molar-refractivity contribution < 1.29 is 13.2 Å². The van der Waals surface area contributed by atoms with Crippen molar-refractivity contribution in [3.8, 4) is 0 Å². The van der Waals surface area contributed by atoms with Gasteiger partial charge in [0.1, 0.15) is 0 Å². The Bertz CT molecular complexity index is 926. The number of hydrogen-bond acceptors (Lipinski definition) is 4. The fourth-order valence-corrected chi connectivity index (χ4v) is 4.37. The second-order valence-electron chi connectivity index (χ2n) is 6.94. The van der Waals surface area contributed by atoms with Crippen molar-refractivity contribution in [2.45, 2.75) is 31.2 Å². The summed E-state index contributed by atoms with van der Waals surface area (Å²) in [5.41, 5.74) is 1.53. The maximum Gasteiger partial charge on any atom is 0.251 e. The molecule has 2 aromatic carbocycles. The molecule has 0 aromatic heterocycles. The van der Waals surface area contributed by atoms with Crippen LogP contribution in [0.5, 0.6) is 0 Å². The number of nitrogens with zero attached hydrogens (tertiary/aromatic N) is 1. The first kappa shape index (κ1) is 23.8. The van der Waals surface area contributed by atoms with Crippen molar-refractivity contribution in [1.82, 2.24) is 14.9 Å². The van der Waals surface area contributed by atoms with Crippen LogP contribution in [-0.2, 0) is 16.4 Å². The highest BCUT2D eigenvalue weighted by Crippen LogP contribution is 2.13. The minimum Gasteiger partial charge on any atom is -0.350 e. The lowest BCUT2D eigenvalue weighted by Crippen LogP contribution is -2.45. The number of amides is 1. The Hall–Kier alpha value is -2.48. The molecular weight excluding hydrogens is 398 g/mol. The molecule has 1 atom stereocenters. The highest BCUT2D eigenvalue weighted by atomic mass is 32.2. The zero-order valence-corrected chi connectivity index (χ0v) is 18.5. The van der Waals surface area contributed by atoms with Gasteiger partial charge in [0.05, 0.1) is 4.90 Å². The summed E-state index contributed by atoms with van der Waals surface area (Å²) in [6.07, 6.45) is 2.29. The molecule has 0 fully saturated rings. The van der Waals surface area contributed by atoms with Gasteiger partial charge in [-0.2, -0.15) is 0 Å². The average molecular weight is 430 g/mol. The molecule has 0 saturated carbocycles. The second kappa shape index (κ2) is 11.6. The van der Waals surface area contributed by atoms with Crippen LogP contribution in [-0.4, -0.2) is 51.4 Å². The van der Waals surface area contributed by atoms with Gasteiger partial charge in [-0.05, 0) is 43.3 Å². The van der Waals surface area contributed by atoms with Gasteiger partial charge in [0, 0.05) is 24.7 Å². The van der Waals surface area contributed by atoms with Gasteiger partial charge in [-0.1, -0.05) is 56.3 Å². The molecule has 1 amide bonds. The molecule has 0 aliphatic carbocycles. The molecule has 6 nitrogen and oxygen atoms in total. The summed E-state index contributed by atoms with van der Waals surface area (Å²) in [6, 6.07) is 16.4. The molecule has 2 rings (SSSR count). The first-order chi connectivity index (χ1) is 14.4. The Balaban J connectivity index is 2.11. The smallest absolute Gasteiger partial charge is 0.251 e. The number of sulfonamides is 1. The van der Waals surface area contributed by atoms with Crippen molar-refractivity contribution in [2.75, 3.05) is 26.2 Å². The van der Waals surface area contributed by atoms with Crippen LogP contribution in [0.3, 0.4) is 0 Å². The predicted molar refractivity (Wildman–Crippen MR) is 121 cm³/mol. The van der Waals surface area contributed by atoms with E-state index >= 15 is 0 Å². The Labute approximate surface area is 180 Å². The largest absolute Gasteiger partial charge is 0.350 e. The summed E-state index contributed by atoms with van der Waals surface area (Å²) in [5, 5.41) is 2.98. The van der Waals surface area contributed by atoms with E-state index in [0.29, 0.717) is 12.1 Å². The number of carbonyl (C=O) groups excluding carboxylic acids is 1. The Morgan fingerprint density at radius 1 is 1.10 bits per heavy atom. The first-order valence-electron chi connectivity index (χ1n) is 10.2. The summed E-state index contributed by atoms with van der Waals surface area (Å²) in [7, 11) is -3.68. The zero-order valence-electron chi connectivity index (χ0n) is 17.7. The Morgan fingerprint density at radius 3 is 2.43 bits per heavy atom. The van der Waals surface area contributed by atoms with E-state index in [1.807, 2.05) is 18.2 Å². The highest BCUT2D eigenvalue weighted by Gasteiger charge is 2.19. The lowest BCUT2D eigenvalue weighted by molar-refractivity contribution is 0.0934. The lowest BCUT2D eigenvalue weighted by atomic mass is 10.0. The van der Waals surface area contributed by atoms with Crippen LogP contribution in [0.15, 0.2) is 72.1 Å². The van der Waals surface area contributed by atoms with E-state index in [1.54, 1.807) is 12.1 Å². The van der Waals surface area contributed by atoms with Gasteiger partial charge < -0.3 is 5.32 Å². The first-order valence-corrected chi connectivity index (χ1v) is 11.7. The summed E-state index contributed by atoms with van der Waals surface area (Å²) >= 11 is 0. The molecule has 2 N–H and O–H groups in total. The van der Waals surface area contributed by atoms with Gasteiger partial charge in [-0.25, -0.2) is 13.1 Å². The molecule has 0 saturated heterocycles. The van der Waals surface area contributed by atoms with Crippen molar-refractivity contribution >= 4 is 15.9 Å². The number of hydrogen-bond donors (Lipinski definition) is 2. The fourth-order valence-electron chi connectivity index (χ4n) is 3.33. The van der Waals surface area contributed by atoms with Crippen LogP contribution in [0.1, 0.15) is 29.8 Å². The van der Waals surface area contributed by atoms with Crippen LogP contribution in [0.2, 0.25) is 0 Å². The molecule has 2 aromatic rings. The molecule has 0 heterocycles. The normalized spacial score (nSPS) is 12.5.